The summed E-state index contributed by atoms with van der Waals surface area (Å²) in [6.45, 7) is 8.52. The van der Waals surface area contributed by atoms with E-state index in [0.29, 0.717) is 13.0 Å². The Hall–Kier alpha value is -2.39. The highest BCUT2D eigenvalue weighted by molar-refractivity contribution is 7.99. The van der Waals surface area contributed by atoms with Gasteiger partial charge in [0.15, 0.2) is 5.43 Å². The number of morpholine rings is 1. The molecule has 1 saturated heterocycles. The lowest BCUT2D eigenvalue weighted by molar-refractivity contribution is 0.0383. The molecule has 5 rings (SSSR count). The van der Waals surface area contributed by atoms with Gasteiger partial charge in [-0.15, -0.1) is 23.1 Å². The van der Waals surface area contributed by atoms with Gasteiger partial charge < -0.3 is 14.6 Å². The third-order valence-electron chi connectivity index (χ3n) is 6.49. The molecule has 3 aromatic rings. The van der Waals surface area contributed by atoms with Crippen LogP contribution in [0.1, 0.15) is 37.4 Å². The fraction of sp³-hybridized carbons (Fsp3) is 0.385. The molecule has 1 unspecified atom stereocenters. The fourth-order valence-corrected chi connectivity index (χ4v) is 7.28. The van der Waals surface area contributed by atoms with Gasteiger partial charge in [0.25, 0.3) is 5.91 Å². The molecule has 1 N–H and O–H groups in total. The van der Waals surface area contributed by atoms with Gasteiger partial charge in [0.1, 0.15) is 5.56 Å². The van der Waals surface area contributed by atoms with Gasteiger partial charge in [0.05, 0.1) is 18.9 Å². The molecular formula is C26H29N3O3S2. The van der Waals surface area contributed by atoms with Gasteiger partial charge >= 0.3 is 0 Å². The summed E-state index contributed by atoms with van der Waals surface area (Å²) in [5.41, 5.74) is 3.98. The number of rotatable bonds is 5. The summed E-state index contributed by atoms with van der Waals surface area (Å²) in [4.78, 5) is 31.3. The number of benzene rings is 1. The summed E-state index contributed by atoms with van der Waals surface area (Å²) in [6, 6.07) is 12.0. The van der Waals surface area contributed by atoms with Gasteiger partial charge in [0.2, 0.25) is 0 Å². The van der Waals surface area contributed by atoms with Crippen LogP contribution in [0.4, 0.5) is 0 Å². The molecule has 0 saturated carbocycles. The highest BCUT2D eigenvalue weighted by atomic mass is 32.2. The van der Waals surface area contributed by atoms with Crippen LogP contribution in [0.2, 0.25) is 0 Å². The van der Waals surface area contributed by atoms with Crippen LogP contribution in [-0.4, -0.2) is 54.8 Å². The molecule has 8 heteroatoms. The standard InChI is InChI=1S/C26H29N3O3S2/c1-17-7-14-33-25(17)23-16-20-24(26(31)27-8-9-28-10-12-32-13-11-28)21(30)15-18(2)29(20)19-5-3-4-6-22(19)34-23/h3-7,14-15,23H,8-13,16H2,1-2H3,(H,27,31). The van der Waals surface area contributed by atoms with E-state index in [9.17, 15) is 9.59 Å². The molecule has 0 radical (unpaired) electrons. The van der Waals surface area contributed by atoms with Gasteiger partial charge in [-0.1, -0.05) is 12.1 Å². The molecule has 1 amide bonds. The lowest BCUT2D eigenvalue weighted by Gasteiger charge is -2.26. The first-order chi connectivity index (χ1) is 16.5. The van der Waals surface area contributed by atoms with Crippen LogP contribution in [0.25, 0.3) is 5.69 Å². The van der Waals surface area contributed by atoms with Gasteiger partial charge in [-0.05, 0) is 43.0 Å². The first kappa shape index (κ1) is 23.4. The maximum Gasteiger partial charge on any atom is 0.257 e. The van der Waals surface area contributed by atoms with Crippen molar-refractivity contribution in [3.05, 3.63) is 79.4 Å². The monoisotopic (exact) mass is 495 g/mol. The number of hydrogen-bond donors (Lipinski definition) is 1. The maximum atomic E-state index is 13.4. The number of thiophene rings is 1. The predicted octanol–water partition coefficient (Wildman–Crippen LogP) is 3.97. The summed E-state index contributed by atoms with van der Waals surface area (Å²) in [7, 11) is 0. The quantitative estimate of drug-likeness (QED) is 0.580. The molecule has 2 aliphatic rings. The van der Waals surface area contributed by atoms with Crippen molar-refractivity contribution in [1.29, 1.82) is 0 Å². The number of thioether (sulfide) groups is 1. The van der Waals surface area contributed by atoms with Crippen molar-refractivity contribution in [3.8, 4) is 5.69 Å². The van der Waals surface area contributed by atoms with Crippen LogP contribution in [0.5, 0.6) is 0 Å². The van der Waals surface area contributed by atoms with E-state index < -0.39 is 0 Å². The van der Waals surface area contributed by atoms with E-state index in [1.807, 2.05) is 30.8 Å². The lowest BCUT2D eigenvalue weighted by atomic mass is 10.0. The van der Waals surface area contributed by atoms with Gasteiger partial charge in [-0.3, -0.25) is 14.5 Å². The summed E-state index contributed by atoms with van der Waals surface area (Å²) in [5.74, 6) is -0.284. The van der Waals surface area contributed by atoms with E-state index in [2.05, 4.69) is 45.3 Å². The largest absolute Gasteiger partial charge is 0.379 e. The normalized spacial score (nSPS) is 18.1. The topological polar surface area (TPSA) is 63.6 Å². The van der Waals surface area contributed by atoms with Crippen molar-refractivity contribution < 1.29 is 9.53 Å². The molecule has 1 aromatic carbocycles. The Morgan fingerprint density at radius 1 is 1.18 bits per heavy atom. The minimum Gasteiger partial charge on any atom is -0.379 e. The number of carbonyl (C=O) groups excluding carboxylic acids is 1. The van der Waals surface area contributed by atoms with Crippen molar-refractivity contribution >= 4 is 29.0 Å². The number of aromatic nitrogens is 1. The number of ether oxygens (including phenoxy) is 1. The number of carbonyl (C=O) groups is 1. The average molecular weight is 496 g/mol. The SMILES string of the molecule is Cc1ccsc1C1Cc2c(C(=O)NCCN3CCOCC3)c(=O)cc(C)n2-c2ccccc2S1. The number of pyridine rings is 1. The van der Waals surface area contributed by atoms with Crippen LogP contribution < -0.4 is 10.7 Å². The highest BCUT2D eigenvalue weighted by Gasteiger charge is 2.30. The molecule has 0 spiro atoms. The van der Waals surface area contributed by atoms with E-state index in [1.165, 1.54) is 10.4 Å². The van der Waals surface area contributed by atoms with Crippen molar-refractivity contribution in [2.24, 2.45) is 0 Å². The van der Waals surface area contributed by atoms with Crippen molar-refractivity contribution in [1.82, 2.24) is 14.8 Å². The van der Waals surface area contributed by atoms with E-state index in [0.717, 1.165) is 54.8 Å². The number of hydrogen-bond acceptors (Lipinski definition) is 6. The van der Waals surface area contributed by atoms with E-state index in [4.69, 9.17) is 4.74 Å². The van der Waals surface area contributed by atoms with E-state index in [-0.39, 0.29) is 22.1 Å². The number of amides is 1. The van der Waals surface area contributed by atoms with Crippen LogP contribution >= 0.6 is 23.1 Å². The summed E-state index contributed by atoms with van der Waals surface area (Å²) in [6.07, 6.45) is 0.615. The van der Waals surface area contributed by atoms with Gasteiger partial charge in [0, 0.05) is 65.1 Å². The number of aryl methyl sites for hydroxylation is 2. The second-order valence-corrected chi connectivity index (χ2v) is 11.0. The second kappa shape index (κ2) is 10.1. The zero-order valence-corrected chi connectivity index (χ0v) is 21.1. The molecule has 0 aliphatic carbocycles. The molecule has 2 aromatic heterocycles. The second-order valence-electron chi connectivity index (χ2n) is 8.76. The minimum absolute atomic E-state index is 0.135. The molecular weight excluding hydrogens is 466 g/mol. The van der Waals surface area contributed by atoms with Crippen LogP contribution in [0.15, 0.2) is 51.5 Å². The molecule has 1 fully saturated rings. The molecule has 1 atom stereocenters. The predicted molar refractivity (Wildman–Crippen MR) is 138 cm³/mol. The Kier molecular flexibility index (Phi) is 6.92. The molecule has 2 aliphatic heterocycles. The van der Waals surface area contributed by atoms with E-state index >= 15 is 0 Å². The Labute approximate surface area is 207 Å². The van der Waals surface area contributed by atoms with Crippen molar-refractivity contribution in [2.45, 2.75) is 30.4 Å². The average Bonchev–Trinajstić information content (AvgIpc) is 3.17. The maximum absolute atomic E-state index is 13.4. The number of nitrogens with zero attached hydrogens (tertiary/aromatic N) is 2. The zero-order chi connectivity index (χ0) is 23.7. The van der Waals surface area contributed by atoms with Crippen molar-refractivity contribution in [2.75, 3.05) is 39.4 Å². The molecule has 4 heterocycles. The van der Waals surface area contributed by atoms with Crippen LogP contribution in [0, 0.1) is 13.8 Å². The summed E-state index contributed by atoms with van der Waals surface area (Å²) in [5, 5.41) is 5.27. The van der Waals surface area contributed by atoms with Gasteiger partial charge in [-0.25, -0.2) is 0 Å². The zero-order valence-electron chi connectivity index (χ0n) is 19.5. The number of para-hydroxylation sites is 1. The Balaban J connectivity index is 1.53. The summed E-state index contributed by atoms with van der Waals surface area (Å²) < 4.78 is 7.52. The fourth-order valence-electron chi connectivity index (χ4n) is 4.78. The number of fused-ring (bicyclic) bond motifs is 3. The third kappa shape index (κ3) is 4.60. The summed E-state index contributed by atoms with van der Waals surface area (Å²) >= 11 is 3.56. The molecule has 6 nitrogen and oxygen atoms in total. The Morgan fingerprint density at radius 3 is 2.74 bits per heavy atom. The van der Waals surface area contributed by atoms with E-state index in [1.54, 1.807) is 17.4 Å². The lowest BCUT2D eigenvalue weighted by Crippen LogP contribution is -2.42. The molecule has 34 heavy (non-hydrogen) atoms. The van der Waals surface area contributed by atoms with Crippen LogP contribution in [0.3, 0.4) is 0 Å². The molecule has 0 bridgehead atoms. The van der Waals surface area contributed by atoms with Crippen molar-refractivity contribution in [3.63, 3.8) is 0 Å². The first-order valence-electron chi connectivity index (χ1n) is 11.7. The molecule has 178 valence electrons. The highest BCUT2D eigenvalue weighted by Crippen LogP contribution is 2.46. The Bertz CT molecular complexity index is 1260. The number of nitrogens with one attached hydrogen (secondary N) is 1. The smallest absolute Gasteiger partial charge is 0.257 e. The third-order valence-corrected chi connectivity index (χ3v) is 9.06. The first-order valence-corrected chi connectivity index (χ1v) is 13.4. The minimum atomic E-state index is -0.284. The van der Waals surface area contributed by atoms with Crippen LogP contribution in [-0.2, 0) is 11.2 Å². The van der Waals surface area contributed by atoms with Gasteiger partial charge in [-0.2, -0.15) is 0 Å². The Morgan fingerprint density at radius 2 is 1.97 bits per heavy atom.